The maximum atomic E-state index is 13.1. The maximum absolute atomic E-state index is 13.1. The summed E-state index contributed by atoms with van der Waals surface area (Å²) >= 11 is 0. The van der Waals surface area contributed by atoms with Crippen molar-refractivity contribution in [3.05, 3.63) is 95.6 Å². The summed E-state index contributed by atoms with van der Waals surface area (Å²) in [7, 11) is 0. The molecule has 0 bridgehead atoms. The molecule has 0 saturated heterocycles. The molecule has 1 aliphatic heterocycles. The zero-order valence-electron chi connectivity index (χ0n) is 14.7. The quantitative estimate of drug-likeness (QED) is 0.708. The number of ether oxygens (including phenoxy) is 1. The zero-order chi connectivity index (χ0) is 17.9. The van der Waals surface area contributed by atoms with E-state index in [1.165, 1.54) is 0 Å². The van der Waals surface area contributed by atoms with Crippen LogP contribution in [-0.2, 0) is 4.79 Å². The molecule has 1 N–H and O–H groups in total. The Kier molecular flexibility index (Phi) is 4.44. The standard InChI is InChI=1S/C23H21NO2/c1-2-17(16-10-4-3-5-11-16)23(25)24-22-18-12-6-8-14-20(18)26-21-15-9-7-13-19(21)22/h3-15,17,22H,2H2,1H3,(H,24,25)/t17-/m1/s1. The van der Waals surface area contributed by atoms with E-state index < -0.39 is 0 Å². The second-order valence-corrected chi connectivity index (χ2v) is 6.49. The molecule has 3 nitrogen and oxygen atoms in total. The minimum Gasteiger partial charge on any atom is -0.457 e. The topological polar surface area (TPSA) is 38.3 Å². The van der Waals surface area contributed by atoms with Gasteiger partial charge in [-0.1, -0.05) is 73.7 Å². The monoisotopic (exact) mass is 343 g/mol. The fraction of sp³-hybridized carbons (Fsp3) is 0.174. The molecule has 1 atom stereocenters. The first-order valence-electron chi connectivity index (χ1n) is 8.99. The molecule has 1 heterocycles. The van der Waals surface area contributed by atoms with Crippen LogP contribution in [0.1, 0.15) is 42.0 Å². The number of benzene rings is 3. The number of para-hydroxylation sites is 2. The van der Waals surface area contributed by atoms with E-state index in [-0.39, 0.29) is 17.9 Å². The van der Waals surface area contributed by atoms with Gasteiger partial charge in [0.2, 0.25) is 5.91 Å². The second-order valence-electron chi connectivity index (χ2n) is 6.49. The van der Waals surface area contributed by atoms with Crippen molar-refractivity contribution in [2.75, 3.05) is 0 Å². The van der Waals surface area contributed by atoms with Crippen molar-refractivity contribution in [2.45, 2.75) is 25.3 Å². The summed E-state index contributed by atoms with van der Waals surface area (Å²) in [5.41, 5.74) is 3.02. The third-order valence-electron chi connectivity index (χ3n) is 4.89. The van der Waals surface area contributed by atoms with E-state index in [9.17, 15) is 4.79 Å². The Hall–Kier alpha value is -3.07. The summed E-state index contributed by atoms with van der Waals surface area (Å²) in [5.74, 6) is 1.46. The van der Waals surface area contributed by atoms with Gasteiger partial charge in [0.05, 0.1) is 12.0 Å². The van der Waals surface area contributed by atoms with Crippen molar-refractivity contribution in [3.63, 3.8) is 0 Å². The highest BCUT2D eigenvalue weighted by Crippen LogP contribution is 2.42. The van der Waals surface area contributed by atoms with Crippen molar-refractivity contribution >= 4 is 5.91 Å². The predicted molar refractivity (Wildman–Crippen MR) is 102 cm³/mol. The number of amides is 1. The van der Waals surface area contributed by atoms with Crippen LogP contribution >= 0.6 is 0 Å². The molecule has 1 aliphatic rings. The van der Waals surface area contributed by atoms with E-state index >= 15 is 0 Å². The Labute approximate surface area is 153 Å². The van der Waals surface area contributed by atoms with Crippen LogP contribution in [0.15, 0.2) is 78.9 Å². The number of hydrogen-bond donors (Lipinski definition) is 1. The van der Waals surface area contributed by atoms with Gasteiger partial charge in [0.1, 0.15) is 11.5 Å². The van der Waals surface area contributed by atoms with Gasteiger partial charge in [-0.05, 0) is 24.1 Å². The molecule has 3 aromatic carbocycles. The van der Waals surface area contributed by atoms with Gasteiger partial charge >= 0.3 is 0 Å². The smallest absolute Gasteiger partial charge is 0.228 e. The fourth-order valence-corrected chi connectivity index (χ4v) is 3.57. The van der Waals surface area contributed by atoms with Gasteiger partial charge in [-0.3, -0.25) is 4.79 Å². The molecular weight excluding hydrogens is 322 g/mol. The molecule has 0 radical (unpaired) electrons. The number of carbonyl (C=O) groups excluding carboxylic acids is 1. The van der Waals surface area contributed by atoms with Crippen LogP contribution in [-0.4, -0.2) is 5.91 Å². The molecule has 26 heavy (non-hydrogen) atoms. The predicted octanol–water partition coefficient (Wildman–Crippen LogP) is 5.19. The van der Waals surface area contributed by atoms with Crippen LogP contribution in [0.2, 0.25) is 0 Å². The molecule has 4 rings (SSSR count). The van der Waals surface area contributed by atoms with E-state index in [0.717, 1.165) is 34.6 Å². The Balaban J connectivity index is 1.68. The van der Waals surface area contributed by atoms with Crippen LogP contribution < -0.4 is 10.1 Å². The van der Waals surface area contributed by atoms with Gasteiger partial charge in [0, 0.05) is 11.1 Å². The summed E-state index contributed by atoms with van der Waals surface area (Å²) in [6.45, 7) is 2.04. The summed E-state index contributed by atoms with van der Waals surface area (Å²) in [5, 5.41) is 3.26. The molecule has 1 amide bonds. The van der Waals surface area contributed by atoms with E-state index in [1.54, 1.807) is 0 Å². The molecule has 130 valence electrons. The highest BCUT2D eigenvalue weighted by Gasteiger charge is 2.30. The average molecular weight is 343 g/mol. The van der Waals surface area contributed by atoms with Gasteiger partial charge < -0.3 is 10.1 Å². The molecule has 0 saturated carbocycles. The SMILES string of the molecule is CC[C@@H](C(=O)NC1c2ccccc2Oc2ccccc21)c1ccccc1. The minimum absolute atomic E-state index is 0.0372. The Morgan fingerprint density at radius 1 is 0.885 bits per heavy atom. The molecule has 0 spiro atoms. The van der Waals surface area contributed by atoms with Crippen LogP contribution in [0.5, 0.6) is 11.5 Å². The minimum atomic E-state index is -0.207. The summed E-state index contributed by atoms with van der Waals surface area (Å²) in [6, 6.07) is 25.5. The van der Waals surface area contributed by atoms with Gasteiger partial charge in [0.25, 0.3) is 0 Å². The van der Waals surface area contributed by atoms with Gasteiger partial charge in [-0.2, -0.15) is 0 Å². The molecule has 3 heteroatoms. The lowest BCUT2D eigenvalue weighted by molar-refractivity contribution is -0.123. The summed E-state index contributed by atoms with van der Waals surface area (Å²) in [4.78, 5) is 13.1. The van der Waals surface area contributed by atoms with Crippen molar-refractivity contribution < 1.29 is 9.53 Å². The molecule has 0 unspecified atom stereocenters. The Morgan fingerprint density at radius 3 is 2.00 bits per heavy atom. The van der Waals surface area contributed by atoms with Crippen LogP contribution in [0, 0.1) is 0 Å². The Bertz CT molecular complexity index is 875. The lowest BCUT2D eigenvalue weighted by Crippen LogP contribution is -2.34. The van der Waals surface area contributed by atoms with E-state index in [2.05, 4.69) is 5.32 Å². The first kappa shape index (κ1) is 16.4. The highest BCUT2D eigenvalue weighted by atomic mass is 16.5. The normalized spacial score (nSPS) is 13.9. The largest absolute Gasteiger partial charge is 0.457 e. The lowest BCUT2D eigenvalue weighted by Gasteiger charge is -2.30. The summed E-state index contributed by atoms with van der Waals surface area (Å²) < 4.78 is 6.01. The highest BCUT2D eigenvalue weighted by molar-refractivity contribution is 5.84. The van der Waals surface area contributed by atoms with Crippen LogP contribution in [0.4, 0.5) is 0 Å². The molecule has 3 aromatic rings. The first-order chi connectivity index (χ1) is 12.8. The lowest BCUT2D eigenvalue weighted by atomic mass is 9.91. The number of hydrogen-bond acceptors (Lipinski definition) is 2. The van der Waals surface area contributed by atoms with Crippen molar-refractivity contribution in [3.8, 4) is 11.5 Å². The van der Waals surface area contributed by atoms with E-state index in [4.69, 9.17) is 4.74 Å². The maximum Gasteiger partial charge on any atom is 0.228 e. The first-order valence-corrected chi connectivity index (χ1v) is 8.99. The average Bonchev–Trinajstić information content (AvgIpc) is 2.69. The molecular formula is C23H21NO2. The number of carbonyl (C=O) groups is 1. The molecule has 0 aliphatic carbocycles. The van der Waals surface area contributed by atoms with E-state index in [0.29, 0.717) is 0 Å². The van der Waals surface area contributed by atoms with Crippen molar-refractivity contribution in [2.24, 2.45) is 0 Å². The van der Waals surface area contributed by atoms with Crippen LogP contribution in [0.3, 0.4) is 0 Å². The fourth-order valence-electron chi connectivity index (χ4n) is 3.57. The third kappa shape index (κ3) is 2.97. The third-order valence-corrected chi connectivity index (χ3v) is 4.89. The van der Waals surface area contributed by atoms with Gasteiger partial charge in [-0.25, -0.2) is 0 Å². The molecule has 0 fully saturated rings. The zero-order valence-corrected chi connectivity index (χ0v) is 14.7. The van der Waals surface area contributed by atoms with E-state index in [1.807, 2.05) is 85.8 Å². The van der Waals surface area contributed by atoms with Crippen molar-refractivity contribution in [1.29, 1.82) is 0 Å². The second kappa shape index (κ2) is 7.04. The van der Waals surface area contributed by atoms with Crippen LogP contribution in [0.25, 0.3) is 0 Å². The summed E-state index contributed by atoms with van der Waals surface area (Å²) in [6.07, 6.45) is 0.752. The van der Waals surface area contributed by atoms with Crippen molar-refractivity contribution in [1.82, 2.24) is 5.32 Å². The van der Waals surface area contributed by atoms with Gasteiger partial charge in [0.15, 0.2) is 0 Å². The number of rotatable bonds is 4. The molecule has 0 aromatic heterocycles. The number of nitrogens with one attached hydrogen (secondary N) is 1. The Morgan fingerprint density at radius 2 is 1.42 bits per heavy atom. The van der Waals surface area contributed by atoms with Gasteiger partial charge in [-0.15, -0.1) is 0 Å². The number of fused-ring (bicyclic) bond motifs is 2.